The highest BCUT2D eigenvalue weighted by molar-refractivity contribution is 5.83. The van der Waals surface area contributed by atoms with E-state index in [-0.39, 0.29) is 11.9 Å². The molecule has 3 aromatic rings. The minimum Gasteiger partial charge on any atom is -0.493 e. The minimum absolute atomic E-state index is 0.198. The van der Waals surface area contributed by atoms with E-state index in [0.29, 0.717) is 24.3 Å². The number of nitrogens with one attached hydrogen (secondary N) is 2. The quantitative estimate of drug-likeness (QED) is 0.399. The van der Waals surface area contributed by atoms with Gasteiger partial charge in [-0.15, -0.1) is 0 Å². The standard InChI is InChI=1S/C27H29F3N2O3/c1-31-26(33)25(19-7-5-4-6-8-19)32-22(20-12-16-23(34-2)24(17-20)35-3)15-11-18-9-13-21(14-10-18)27(28,29)30/h4-10,12-14,16-17,22,25,32H,11,15H2,1-3H3,(H,31,33)/t22?,25-/m0/s1. The summed E-state index contributed by atoms with van der Waals surface area (Å²) in [6.07, 6.45) is -3.35. The number of ether oxygens (including phenoxy) is 2. The first-order chi connectivity index (χ1) is 16.8. The van der Waals surface area contributed by atoms with E-state index >= 15 is 0 Å². The van der Waals surface area contributed by atoms with Gasteiger partial charge in [0.2, 0.25) is 5.91 Å². The molecule has 5 nitrogen and oxygen atoms in total. The van der Waals surface area contributed by atoms with Crippen LogP contribution in [0.5, 0.6) is 11.5 Å². The number of likely N-dealkylation sites (N-methyl/N-ethyl adjacent to an activating group) is 1. The number of carbonyl (C=O) groups excluding carboxylic acids is 1. The van der Waals surface area contributed by atoms with Crippen LogP contribution in [0.2, 0.25) is 0 Å². The molecule has 0 saturated heterocycles. The van der Waals surface area contributed by atoms with E-state index in [9.17, 15) is 18.0 Å². The lowest BCUT2D eigenvalue weighted by Crippen LogP contribution is -2.38. The van der Waals surface area contributed by atoms with E-state index in [2.05, 4.69) is 10.6 Å². The van der Waals surface area contributed by atoms with Gasteiger partial charge in [-0.1, -0.05) is 48.5 Å². The van der Waals surface area contributed by atoms with Crippen molar-refractivity contribution in [2.24, 2.45) is 0 Å². The number of alkyl halides is 3. The summed E-state index contributed by atoms with van der Waals surface area (Å²) in [5.74, 6) is 0.919. The maximum absolute atomic E-state index is 12.9. The number of aryl methyl sites for hydroxylation is 1. The molecule has 3 rings (SSSR count). The molecule has 2 atom stereocenters. The average molecular weight is 487 g/mol. The number of halogens is 3. The van der Waals surface area contributed by atoms with Crippen molar-refractivity contribution >= 4 is 5.91 Å². The minimum atomic E-state index is -4.38. The molecule has 0 saturated carbocycles. The summed E-state index contributed by atoms with van der Waals surface area (Å²) in [6.45, 7) is 0. The van der Waals surface area contributed by atoms with Crippen molar-refractivity contribution in [3.63, 3.8) is 0 Å². The topological polar surface area (TPSA) is 59.6 Å². The third-order valence-corrected chi connectivity index (χ3v) is 5.82. The third kappa shape index (κ3) is 6.76. The summed E-state index contributed by atoms with van der Waals surface area (Å²) >= 11 is 0. The first-order valence-electron chi connectivity index (χ1n) is 11.2. The molecule has 1 unspecified atom stereocenters. The number of hydrogen-bond acceptors (Lipinski definition) is 4. The normalized spacial score (nSPS) is 13.1. The summed E-state index contributed by atoms with van der Waals surface area (Å²) in [5, 5.41) is 6.15. The molecule has 186 valence electrons. The van der Waals surface area contributed by atoms with Gasteiger partial charge in [0.1, 0.15) is 6.04 Å². The van der Waals surface area contributed by atoms with Crippen molar-refractivity contribution in [3.8, 4) is 11.5 Å². The summed E-state index contributed by atoms with van der Waals surface area (Å²) in [6, 6.07) is 19.1. The molecule has 0 aliphatic heterocycles. The molecular formula is C27H29F3N2O3. The summed E-state index contributed by atoms with van der Waals surface area (Å²) in [4.78, 5) is 12.8. The Kier molecular flexibility index (Phi) is 8.76. The van der Waals surface area contributed by atoms with Crippen LogP contribution < -0.4 is 20.1 Å². The van der Waals surface area contributed by atoms with Crippen LogP contribution in [-0.4, -0.2) is 27.2 Å². The number of rotatable bonds is 10. The molecule has 0 radical (unpaired) electrons. The van der Waals surface area contributed by atoms with Crippen molar-refractivity contribution in [2.45, 2.75) is 31.1 Å². The fourth-order valence-electron chi connectivity index (χ4n) is 3.90. The van der Waals surface area contributed by atoms with E-state index in [1.807, 2.05) is 42.5 Å². The van der Waals surface area contributed by atoms with Crippen molar-refractivity contribution in [3.05, 3.63) is 95.1 Å². The Balaban J connectivity index is 1.91. The largest absolute Gasteiger partial charge is 0.493 e. The maximum Gasteiger partial charge on any atom is 0.416 e. The van der Waals surface area contributed by atoms with Crippen LogP contribution in [0, 0.1) is 0 Å². The highest BCUT2D eigenvalue weighted by atomic mass is 19.4. The Hall–Kier alpha value is -3.52. The van der Waals surface area contributed by atoms with E-state index in [0.717, 1.165) is 28.8 Å². The van der Waals surface area contributed by atoms with Crippen LogP contribution in [0.15, 0.2) is 72.8 Å². The fourth-order valence-corrected chi connectivity index (χ4v) is 3.90. The number of amides is 1. The smallest absolute Gasteiger partial charge is 0.416 e. The molecule has 0 heterocycles. The van der Waals surface area contributed by atoms with E-state index < -0.39 is 17.8 Å². The van der Waals surface area contributed by atoms with Crippen LogP contribution in [0.25, 0.3) is 0 Å². The number of benzene rings is 3. The van der Waals surface area contributed by atoms with Gasteiger partial charge in [0.05, 0.1) is 19.8 Å². The second kappa shape index (κ2) is 11.8. The van der Waals surface area contributed by atoms with Gasteiger partial charge >= 0.3 is 6.18 Å². The van der Waals surface area contributed by atoms with E-state index in [4.69, 9.17) is 9.47 Å². The van der Waals surface area contributed by atoms with Gasteiger partial charge in [0.15, 0.2) is 11.5 Å². The van der Waals surface area contributed by atoms with Gasteiger partial charge in [-0.2, -0.15) is 13.2 Å². The lowest BCUT2D eigenvalue weighted by Gasteiger charge is -2.26. The summed E-state index contributed by atoms with van der Waals surface area (Å²) in [7, 11) is 4.67. The van der Waals surface area contributed by atoms with Gasteiger partial charge < -0.3 is 14.8 Å². The van der Waals surface area contributed by atoms with Crippen LogP contribution >= 0.6 is 0 Å². The Morgan fingerprint density at radius 2 is 1.54 bits per heavy atom. The number of methoxy groups -OCH3 is 2. The molecule has 0 aliphatic carbocycles. The lowest BCUT2D eigenvalue weighted by molar-refractivity contribution is -0.137. The van der Waals surface area contributed by atoms with Crippen LogP contribution in [0.3, 0.4) is 0 Å². The Bertz CT molecular complexity index is 1100. The van der Waals surface area contributed by atoms with E-state index in [1.54, 1.807) is 27.3 Å². The van der Waals surface area contributed by atoms with Crippen molar-refractivity contribution in [1.29, 1.82) is 0 Å². The SMILES string of the molecule is CNC(=O)[C@@H](NC(CCc1ccc(C(F)(F)F)cc1)c1ccc(OC)c(OC)c1)c1ccccc1. The molecule has 3 aromatic carbocycles. The first-order valence-corrected chi connectivity index (χ1v) is 11.2. The molecule has 0 aliphatic rings. The molecule has 35 heavy (non-hydrogen) atoms. The second-order valence-electron chi connectivity index (χ2n) is 8.02. The van der Waals surface area contributed by atoms with Crippen LogP contribution in [-0.2, 0) is 17.4 Å². The molecule has 0 spiro atoms. The molecular weight excluding hydrogens is 457 g/mol. The van der Waals surface area contributed by atoms with Gasteiger partial charge in [-0.3, -0.25) is 10.1 Å². The van der Waals surface area contributed by atoms with Crippen molar-refractivity contribution in [1.82, 2.24) is 10.6 Å². The third-order valence-electron chi connectivity index (χ3n) is 5.82. The van der Waals surface area contributed by atoms with Crippen molar-refractivity contribution in [2.75, 3.05) is 21.3 Å². The molecule has 0 fully saturated rings. The first kappa shape index (κ1) is 26.1. The Labute approximate surface area is 203 Å². The van der Waals surface area contributed by atoms with Crippen molar-refractivity contribution < 1.29 is 27.4 Å². The molecule has 8 heteroatoms. The number of carbonyl (C=O) groups is 1. The molecule has 1 amide bonds. The van der Waals surface area contributed by atoms with Gasteiger partial charge in [-0.05, 0) is 53.8 Å². The zero-order valence-electron chi connectivity index (χ0n) is 19.9. The highest BCUT2D eigenvalue weighted by Crippen LogP contribution is 2.33. The number of hydrogen-bond donors (Lipinski definition) is 2. The molecule has 2 N–H and O–H groups in total. The Morgan fingerprint density at radius 1 is 0.886 bits per heavy atom. The van der Waals surface area contributed by atoms with Gasteiger partial charge in [0, 0.05) is 13.1 Å². The average Bonchev–Trinajstić information content (AvgIpc) is 2.88. The second-order valence-corrected chi connectivity index (χ2v) is 8.02. The zero-order valence-corrected chi connectivity index (χ0v) is 19.9. The van der Waals surface area contributed by atoms with Gasteiger partial charge in [0.25, 0.3) is 0 Å². The molecule has 0 aromatic heterocycles. The lowest BCUT2D eigenvalue weighted by atomic mass is 9.95. The highest BCUT2D eigenvalue weighted by Gasteiger charge is 2.30. The van der Waals surface area contributed by atoms with Crippen LogP contribution in [0.4, 0.5) is 13.2 Å². The van der Waals surface area contributed by atoms with E-state index in [1.165, 1.54) is 12.1 Å². The zero-order chi connectivity index (χ0) is 25.4. The summed E-state index contributed by atoms with van der Waals surface area (Å²) < 4.78 is 49.6. The predicted molar refractivity (Wildman–Crippen MR) is 128 cm³/mol. The monoisotopic (exact) mass is 486 g/mol. The predicted octanol–water partition coefficient (Wildman–Crippen LogP) is 5.47. The van der Waals surface area contributed by atoms with Crippen LogP contribution in [0.1, 0.15) is 40.8 Å². The fraction of sp³-hybridized carbons (Fsp3) is 0.296. The van der Waals surface area contributed by atoms with Gasteiger partial charge in [-0.25, -0.2) is 0 Å². The maximum atomic E-state index is 12.9. The summed E-state index contributed by atoms with van der Waals surface area (Å²) in [5.41, 5.74) is 1.74. The molecule has 0 bridgehead atoms. The Morgan fingerprint density at radius 3 is 2.11 bits per heavy atom.